The predicted octanol–water partition coefficient (Wildman–Crippen LogP) is 2.70. The number of hydrogen-bond donors (Lipinski definition) is 2. The van der Waals surface area contributed by atoms with Crippen molar-refractivity contribution in [3.63, 3.8) is 0 Å². The molecule has 1 rings (SSSR count). The highest BCUT2D eigenvalue weighted by Crippen LogP contribution is 2.09. The molecule has 3 unspecified atom stereocenters. The lowest BCUT2D eigenvalue weighted by Crippen LogP contribution is -2.45. The maximum absolute atomic E-state index is 11.9. The van der Waals surface area contributed by atoms with E-state index in [2.05, 4.69) is 31.4 Å². The third kappa shape index (κ3) is 5.92. The molecule has 4 nitrogen and oxygen atoms in total. The number of carbonyl (C=O) groups is 1. The van der Waals surface area contributed by atoms with E-state index in [9.17, 15) is 4.79 Å². The Bertz CT molecular complexity index is 362. The second-order valence-electron chi connectivity index (χ2n) is 5.34. The molecule has 0 aliphatic rings. The molecule has 108 valence electrons. The largest absolute Gasteiger partial charge is 0.467 e. The summed E-state index contributed by atoms with van der Waals surface area (Å²) in [6.45, 7) is 8.89. The van der Waals surface area contributed by atoms with Gasteiger partial charge in [-0.2, -0.15) is 0 Å². The molecule has 1 heterocycles. The summed E-state index contributed by atoms with van der Waals surface area (Å²) < 4.78 is 5.18. The molecule has 0 saturated heterocycles. The van der Waals surface area contributed by atoms with Crippen LogP contribution in [0.4, 0.5) is 0 Å². The van der Waals surface area contributed by atoms with E-state index in [0.29, 0.717) is 18.5 Å². The van der Waals surface area contributed by atoms with E-state index < -0.39 is 0 Å². The van der Waals surface area contributed by atoms with Crippen molar-refractivity contribution in [3.8, 4) is 0 Å². The monoisotopic (exact) mass is 266 g/mol. The van der Waals surface area contributed by atoms with Crippen molar-refractivity contribution in [2.45, 2.75) is 59.2 Å². The molecule has 0 bridgehead atoms. The second kappa shape index (κ2) is 8.00. The molecule has 1 amide bonds. The number of hydrogen-bond acceptors (Lipinski definition) is 3. The molecule has 0 saturated carbocycles. The number of rotatable bonds is 8. The lowest BCUT2D eigenvalue weighted by atomic mass is 10.00. The number of furan rings is 1. The average molecular weight is 266 g/mol. The zero-order chi connectivity index (χ0) is 14.3. The molecule has 4 heteroatoms. The highest BCUT2D eigenvalue weighted by atomic mass is 16.3. The van der Waals surface area contributed by atoms with Crippen LogP contribution in [0.25, 0.3) is 0 Å². The van der Waals surface area contributed by atoms with Gasteiger partial charge in [-0.1, -0.05) is 20.3 Å². The molecule has 0 aliphatic carbocycles. The fourth-order valence-electron chi connectivity index (χ4n) is 2.08. The topological polar surface area (TPSA) is 54.3 Å². The summed E-state index contributed by atoms with van der Waals surface area (Å²) >= 11 is 0. The first-order valence-corrected chi connectivity index (χ1v) is 7.09. The third-order valence-corrected chi connectivity index (χ3v) is 3.40. The Morgan fingerprint density at radius 1 is 1.37 bits per heavy atom. The highest BCUT2D eigenvalue weighted by Gasteiger charge is 2.16. The van der Waals surface area contributed by atoms with Crippen LogP contribution in [0.15, 0.2) is 22.8 Å². The van der Waals surface area contributed by atoms with E-state index in [4.69, 9.17) is 4.42 Å². The molecule has 1 aromatic heterocycles. The normalized spacial score (nSPS) is 15.8. The van der Waals surface area contributed by atoms with Crippen molar-refractivity contribution in [2.24, 2.45) is 5.92 Å². The van der Waals surface area contributed by atoms with Gasteiger partial charge in [0.15, 0.2) is 0 Å². The molecule has 0 aliphatic heterocycles. The molecule has 0 spiro atoms. The molecule has 0 radical (unpaired) electrons. The summed E-state index contributed by atoms with van der Waals surface area (Å²) in [7, 11) is 0. The van der Waals surface area contributed by atoms with Gasteiger partial charge in [0.1, 0.15) is 5.76 Å². The van der Waals surface area contributed by atoms with Crippen molar-refractivity contribution >= 4 is 5.91 Å². The van der Waals surface area contributed by atoms with Crippen LogP contribution in [0.2, 0.25) is 0 Å². The van der Waals surface area contributed by atoms with Crippen LogP contribution in [-0.4, -0.2) is 18.0 Å². The van der Waals surface area contributed by atoms with Crippen molar-refractivity contribution in [2.75, 3.05) is 0 Å². The van der Waals surface area contributed by atoms with Crippen LogP contribution < -0.4 is 10.6 Å². The summed E-state index contributed by atoms with van der Waals surface area (Å²) in [4.78, 5) is 11.9. The van der Waals surface area contributed by atoms with Gasteiger partial charge in [0.05, 0.1) is 18.8 Å². The quantitative estimate of drug-likeness (QED) is 0.760. The molecular formula is C15H26N2O2. The van der Waals surface area contributed by atoms with E-state index in [1.165, 1.54) is 6.42 Å². The van der Waals surface area contributed by atoms with Crippen LogP contribution >= 0.6 is 0 Å². The Kier molecular flexibility index (Phi) is 6.64. The molecule has 0 fully saturated rings. The summed E-state index contributed by atoms with van der Waals surface area (Å²) in [6.07, 6.45) is 3.87. The van der Waals surface area contributed by atoms with Crippen LogP contribution in [0, 0.1) is 5.92 Å². The zero-order valence-corrected chi connectivity index (χ0v) is 12.4. The zero-order valence-electron chi connectivity index (χ0n) is 12.4. The SMILES string of the molecule is CCC(C)CC(C)NC(C)C(=O)NCc1ccco1. The number of nitrogens with one attached hydrogen (secondary N) is 2. The van der Waals surface area contributed by atoms with Gasteiger partial charge in [-0.15, -0.1) is 0 Å². The fourth-order valence-corrected chi connectivity index (χ4v) is 2.08. The average Bonchev–Trinajstić information content (AvgIpc) is 2.88. The van der Waals surface area contributed by atoms with Gasteiger partial charge in [0.25, 0.3) is 0 Å². The number of amides is 1. The number of carbonyl (C=O) groups excluding carboxylic acids is 1. The van der Waals surface area contributed by atoms with E-state index in [1.54, 1.807) is 6.26 Å². The van der Waals surface area contributed by atoms with E-state index in [-0.39, 0.29) is 11.9 Å². The van der Waals surface area contributed by atoms with Crippen molar-refractivity contribution in [1.82, 2.24) is 10.6 Å². The minimum Gasteiger partial charge on any atom is -0.467 e. The smallest absolute Gasteiger partial charge is 0.237 e. The summed E-state index contributed by atoms with van der Waals surface area (Å²) in [5.74, 6) is 1.46. The molecule has 3 atom stereocenters. The van der Waals surface area contributed by atoms with Gasteiger partial charge in [-0.25, -0.2) is 0 Å². The fraction of sp³-hybridized carbons (Fsp3) is 0.667. The Morgan fingerprint density at radius 2 is 2.11 bits per heavy atom. The lowest BCUT2D eigenvalue weighted by Gasteiger charge is -2.21. The van der Waals surface area contributed by atoms with Crippen molar-refractivity contribution in [1.29, 1.82) is 0 Å². The van der Waals surface area contributed by atoms with Gasteiger partial charge in [-0.05, 0) is 38.3 Å². The minimum absolute atomic E-state index is 0.00685. The first kappa shape index (κ1) is 15.8. The van der Waals surface area contributed by atoms with Crippen LogP contribution in [0.1, 0.15) is 46.3 Å². The first-order chi connectivity index (χ1) is 9.02. The molecule has 1 aromatic rings. The Balaban J connectivity index is 2.27. The third-order valence-electron chi connectivity index (χ3n) is 3.40. The van der Waals surface area contributed by atoms with E-state index >= 15 is 0 Å². The highest BCUT2D eigenvalue weighted by molar-refractivity contribution is 5.81. The minimum atomic E-state index is -0.186. The molecular weight excluding hydrogens is 240 g/mol. The van der Waals surface area contributed by atoms with E-state index in [1.807, 2.05) is 19.1 Å². The maximum atomic E-state index is 11.9. The van der Waals surface area contributed by atoms with Crippen molar-refractivity contribution in [3.05, 3.63) is 24.2 Å². The van der Waals surface area contributed by atoms with Crippen LogP contribution in [-0.2, 0) is 11.3 Å². The van der Waals surface area contributed by atoms with Gasteiger partial charge >= 0.3 is 0 Å². The van der Waals surface area contributed by atoms with Crippen molar-refractivity contribution < 1.29 is 9.21 Å². The van der Waals surface area contributed by atoms with Gasteiger partial charge in [0.2, 0.25) is 5.91 Å². The van der Waals surface area contributed by atoms with Crippen LogP contribution in [0.5, 0.6) is 0 Å². The maximum Gasteiger partial charge on any atom is 0.237 e. The Labute approximate surface area is 116 Å². The van der Waals surface area contributed by atoms with Gasteiger partial charge in [0, 0.05) is 6.04 Å². The summed E-state index contributed by atoms with van der Waals surface area (Å²) in [6, 6.07) is 3.83. The summed E-state index contributed by atoms with van der Waals surface area (Å²) in [5, 5.41) is 6.19. The standard InChI is InChI=1S/C15H26N2O2/c1-5-11(2)9-12(3)17-13(4)15(18)16-10-14-7-6-8-19-14/h6-8,11-13,17H,5,9-10H2,1-4H3,(H,16,18). The Morgan fingerprint density at radius 3 is 2.68 bits per heavy atom. The van der Waals surface area contributed by atoms with Gasteiger partial charge < -0.3 is 15.1 Å². The molecule has 0 aromatic carbocycles. The Hall–Kier alpha value is -1.29. The van der Waals surface area contributed by atoms with Gasteiger partial charge in [-0.3, -0.25) is 4.79 Å². The van der Waals surface area contributed by atoms with E-state index in [0.717, 1.165) is 12.2 Å². The lowest BCUT2D eigenvalue weighted by molar-refractivity contribution is -0.123. The predicted molar refractivity (Wildman–Crippen MR) is 76.7 cm³/mol. The first-order valence-electron chi connectivity index (χ1n) is 7.09. The molecule has 2 N–H and O–H groups in total. The second-order valence-corrected chi connectivity index (χ2v) is 5.34. The molecule has 19 heavy (non-hydrogen) atoms. The summed E-state index contributed by atoms with van der Waals surface area (Å²) in [5.41, 5.74) is 0. The van der Waals surface area contributed by atoms with Crippen LogP contribution in [0.3, 0.4) is 0 Å².